The van der Waals surface area contributed by atoms with Crippen LogP contribution in [0.3, 0.4) is 0 Å². The van der Waals surface area contributed by atoms with Gasteiger partial charge in [0.15, 0.2) is 11.6 Å². The van der Waals surface area contributed by atoms with Crippen molar-refractivity contribution in [3.05, 3.63) is 35.4 Å². The summed E-state index contributed by atoms with van der Waals surface area (Å²) in [6.07, 6.45) is 0.723. The van der Waals surface area contributed by atoms with E-state index in [1.165, 1.54) is 11.0 Å². The zero-order valence-corrected chi connectivity index (χ0v) is 14.3. The molecular formula is C17H25F2N3O2. The number of urea groups is 1. The van der Waals surface area contributed by atoms with Gasteiger partial charge in [-0.25, -0.2) is 13.6 Å². The number of benzene rings is 1. The molecule has 2 N–H and O–H groups in total. The Bertz CT molecular complexity index is 583. The van der Waals surface area contributed by atoms with E-state index in [0.717, 1.165) is 19.0 Å². The molecule has 0 saturated carbocycles. The molecule has 0 aliphatic carbocycles. The number of aliphatic hydroxyl groups excluding tert-OH is 1. The highest BCUT2D eigenvalue weighted by Gasteiger charge is 2.38. The molecule has 1 fully saturated rings. The lowest BCUT2D eigenvalue weighted by molar-refractivity contribution is 0.171. The summed E-state index contributed by atoms with van der Waals surface area (Å²) in [5.41, 5.74) is 0.648. The Labute approximate surface area is 141 Å². The minimum absolute atomic E-state index is 0.112. The Morgan fingerprint density at radius 1 is 1.42 bits per heavy atom. The average Bonchev–Trinajstić information content (AvgIpc) is 2.94. The van der Waals surface area contributed by atoms with Crippen molar-refractivity contribution >= 4 is 6.03 Å². The summed E-state index contributed by atoms with van der Waals surface area (Å²) >= 11 is 0. The summed E-state index contributed by atoms with van der Waals surface area (Å²) in [5, 5.41) is 11.9. The molecule has 0 unspecified atom stereocenters. The van der Waals surface area contributed by atoms with Gasteiger partial charge in [0, 0.05) is 26.2 Å². The van der Waals surface area contributed by atoms with Crippen LogP contribution in [0.4, 0.5) is 13.6 Å². The summed E-state index contributed by atoms with van der Waals surface area (Å²) in [6.45, 7) is 4.96. The van der Waals surface area contributed by atoms with Crippen molar-refractivity contribution in [1.29, 1.82) is 0 Å². The monoisotopic (exact) mass is 341 g/mol. The zero-order valence-electron chi connectivity index (χ0n) is 14.3. The standard InChI is InChI=1S/C17H25F2N3O2/c1-11(2)22-7-6-15(20-17(24)21(3)8-9-23)16(22)12-4-5-13(18)14(19)10-12/h4-5,10-11,15-16,23H,6-9H2,1-3H3,(H,20,24)/t15-,16-/m1/s1. The Balaban J connectivity index is 2.23. The Morgan fingerprint density at radius 3 is 2.71 bits per heavy atom. The quantitative estimate of drug-likeness (QED) is 0.863. The molecule has 0 radical (unpaired) electrons. The first kappa shape index (κ1) is 18.6. The van der Waals surface area contributed by atoms with Gasteiger partial charge in [-0.05, 0) is 38.0 Å². The molecule has 1 aromatic carbocycles. The SMILES string of the molecule is CC(C)N1CC[C@@H](NC(=O)N(C)CCO)[C@H]1c1ccc(F)c(F)c1. The van der Waals surface area contributed by atoms with Crippen LogP contribution >= 0.6 is 0 Å². The number of likely N-dealkylation sites (N-methyl/N-ethyl adjacent to an activating group) is 1. The smallest absolute Gasteiger partial charge is 0.317 e. The number of rotatable bonds is 5. The summed E-state index contributed by atoms with van der Waals surface area (Å²) in [6, 6.07) is 3.40. The molecule has 1 aliphatic rings. The Hall–Kier alpha value is -1.73. The number of carbonyl (C=O) groups is 1. The van der Waals surface area contributed by atoms with Crippen molar-refractivity contribution in [2.24, 2.45) is 0 Å². The zero-order chi connectivity index (χ0) is 17.9. The number of hydrogen-bond donors (Lipinski definition) is 2. The molecule has 134 valence electrons. The molecule has 0 aromatic heterocycles. The number of halogens is 2. The largest absolute Gasteiger partial charge is 0.395 e. The van der Waals surface area contributed by atoms with E-state index in [1.54, 1.807) is 13.1 Å². The average molecular weight is 341 g/mol. The van der Waals surface area contributed by atoms with E-state index in [2.05, 4.69) is 10.2 Å². The fraction of sp³-hybridized carbons (Fsp3) is 0.588. The van der Waals surface area contributed by atoms with Crippen LogP contribution in [-0.4, -0.2) is 59.8 Å². The fourth-order valence-electron chi connectivity index (χ4n) is 3.19. The Morgan fingerprint density at radius 2 is 2.12 bits per heavy atom. The van der Waals surface area contributed by atoms with E-state index < -0.39 is 11.6 Å². The van der Waals surface area contributed by atoms with Gasteiger partial charge >= 0.3 is 6.03 Å². The van der Waals surface area contributed by atoms with Crippen LogP contribution in [0.15, 0.2) is 18.2 Å². The molecule has 0 spiro atoms. The highest BCUT2D eigenvalue weighted by Crippen LogP contribution is 2.34. The first-order valence-electron chi connectivity index (χ1n) is 8.18. The molecular weight excluding hydrogens is 316 g/mol. The fourth-order valence-corrected chi connectivity index (χ4v) is 3.19. The third kappa shape index (κ3) is 4.02. The number of carbonyl (C=O) groups excluding carboxylic acids is 1. The van der Waals surface area contributed by atoms with Crippen LogP contribution in [0.1, 0.15) is 31.9 Å². The molecule has 2 atom stereocenters. The molecule has 1 heterocycles. The second-order valence-electron chi connectivity index (χ2n) is 6.44. The van der Waals surface area contributed by atoms with Crippen molar-refractivity contribution in [3.63, 3.8) is 0 Å². The number of nitrogens with zero attached hydrogens (tertiary/aromatic N) is 2. The molecule has 2 rings (SSSR count). The minimum atomic E-state index is -0.884. The van der Waals surface area contributed by atoms with Gasteiger partial charge in [-0.15, -0.1) is 0 Å². The second kappa shape index (κ2) is 7.90. The van der Waals surface area contributed by atoms with Gasteiger partial charge in [0.2, 0.25) is 0 Å². The number of hydrogen-bond acceptors (Lipinski definition) is 3. The number of aliphatic hydroxyl groups is 1. The van der Waals surface area contributed by atoms with Crippen molar-refractivity contribution in [1.82, 2.24) is 15.1 Å². The normalized spacial score (nSPS) is 21.3. The summed E-state index contributed by atoms with van der Waals surface area (Å²) in [7, 11) is 1.60. The summed E-state index contributed by atoms with van der Waals surface area (Å²) < 4.78 is 26.9. The van der Waals surface area contributed by atoms with Crippen LogP contribution in [-0.2, 0) is 0 Å². The van der Waals surface area contributed by atoms with Gasteiger partial charge < -0.3 is 15.3 Å². The van der Waals surface area contributed by atoms with Crippen molar-refractivity contribution in [3.8, 4) is 0 Å². The van der Waals surface area contributed by atoms with Crippen LogP contribution in [0.25, 0.3) is 0 Å². The first-order valence-corrected chi connectivity index (χ1v) is 8.18. The van der Waals surface area contributed by atoms with Crippen LogP contribution in [0, 0.1) is 11.6 Å². The highest BCUT2D eigenvalue weighted by molar-refractivity contribution is 5.74. The molecule has 1 aliphatic heterocycles. The predicted molar refractivity (Wildman–Crippen MR) is 87.6 cm³/mol. The summed E-state index contributed by atoms with van der Waals surface area (Å²) in [5.74, 6) is -1.76. The van der Waals surface area contributed by atoms with Crippen LogP contribution in [0.5, 0.6) is 0 Å². The van der Waals surface area contributed by atoms with Crippen molar-refractivity contribution in [2.45, 2.75) is 38.4 Å². The lowest BCUT2D eigenvalue weighted by atomic mass is 9.99. The molecule has 1 aromatic rings. The van der Waals surface area contributed by atoms with Gasteiger partial charge in [0.05, 0.1) is 18.7 Å². The van der Waals surface area contributed by atoms with E-state index in [0.29, 0.717) is 5.56 Å². The maximum absolute atomic E-state index is 13.7. The summed E-state index contributed by atoms with van der Waals surface area (Å²) in [4.78, 5) is 15.8. The molecule has 2 amide bonds. The topological polar surface area (TPSA) is 55.8 Å². The van der Waals surface area contributed by atoms with E-state index in [-0.39, 0.29) is 37.3 Å². The van der Waals surface area contributed by atoms with E-state index in [9.17, 15) is 13.6 Å². The minimum Gasteiger partial charge on any atom is -0.395 e. The third-order valence-electron chi connectivity index (χ3n) is 4.48. The van der Waals surface area contributed by atoms with Gasteiger partial charge in [-0.3, -0.25) is 4.90 Å². The second-order valence-corrected chi connectivity index (χ2v) is 6.44. The van der Waals surface area contributed by atoms with E-state index >= 15 is 0 Å². The van der Waals surface area contributed by atoms with Crippen LogP contribution < -0.4 is 5.32 Å². The number of likely N-dealkylation sites (tertiary alicyclic amines) is 1. The van der Waals surface area contributed by atoms with Crippen LogP contribution in [0.2, 0.25) is 0 Å². The van der Waals surface area contributed by atoms with E-state index in [4.69, 9.17) is 5.11 Å². The maximum atomic E-state index is 13.7. The van der Waals surface area contributed by atoms with Gasteiger partial charge in [-0.1, -0.05) is 6.07 Å². The maximum Gasteiger partial charge on any atom is 0.317 e. The number of amides is 2. The molecule has 5 nitrogen and oxygen atoms in total. The predicted octanol–water partition coefficient (Wildman–Crippen LogP) is 2.12. The van der Waals surface area contributed by atoms with E-state index in [1.807, 2.05) is 13.8 Å². The molecule has 1 saturated heterocycles. The van der Waals surface area contributed by atoms with Crippen molar-refractivity contribution < 1.29 is 18.7 Å². The first-order chi connectivity index (χ1) is 11.3. The highest BCUT2D eigenvalue weighted by atomic mass is 19.2. The lowest BCUT2D eigenvalue weighted by Gasteiger charge is -2.32. The Kier molecular flexibility index (Phi) is 6.12. The molecule has 0 bridgehead atoms. The third-order valence-corrected chi connectivity index (χ3v) is 4.48. The van der Waals surface area contributed by atoms with Gasteiger partial charge in [0.25, 0.3) is 0 Å². The lowest BCUT2D eigenvalue weighted by Crippen LogP contribution is -2.46. The van der Waals surface area contributed by atoms with Crippen molar-refractivity contribution in [2.75, 3.05) is 26.7 Å². The van der Waals surface area contributed by atoms with Gasteiger partial charge in [0.1, 0.15) is 0 Å². The number of nitrogens with one attached hydrogen (secondary N) is 1. The van der Waals surface area contributed by atoms with Gasteiger partial charge in [-0.2, -0.15) is 0 Å². The molecule has 24 heavy (non-hydrogen) atoms. The molecule has 7 heteroatoms.